The zero-order chi connectivity index (χ0) is 13.9. The van der Waals surface area contributed by atoms with Gasteiger partial charge in [-0.15, -0.1) is 0 Å². The van der Waals surface area contributed by atoms with Gasteiger partial charge < -0.3 is 5.73 Å². The minimum Gasteiger partial charge on any atom is -0.330 e. The maximum absolute atomic E-state index is 12.3. The van der Waals surface area contributed by atoms with E-state index >= 15 is 0 Å². The summed E-state index contributed by atoms with van der Waals surface area (Å²) >= 11 is 0. The van der Waals surface area contributed by atoms with Gasteiger partial charge in [0.2, 0.25) is 5.91 Å². The average molecular weight is 263 g/mol. The van der Waals surface area contributed by atoms with Crippen LogP contribution < -0.4 is 11.2 Å². The highest BCUT2D eigenvalue weighted by Gasteiger charge is 2.33. The predicted octanol–water partition coefficient (Wildman–Crippen LogP) is 2.47. The van der Waals surface area contributed by atoms with E-state index in [1.165, 1.54) is 19.3 Å². The Balaban J connectivity index is 2.00. The van der Waals surface area contributed by atoms with Gasteiger partial charge in [0.15, 0.2) is 0 Å². The Hall–Kier alpha value is -1.29. The molecule has 0 atom stereocenters. The molecule has 1 fully saturated rings. The number of hydrogen-bond acceptors (Lipinski definition) is 2. The van der Waals surface area contributed by atoms with Crippen LogP contribution >= 0.6 is 0 Å². The second-order valence-corrected chi connectivity index (χ2v) is 5.93. The number of nitrogens with two attached hydrogens (primary N) is 1. The predicted molar refractivity (Wildman–Crippen MR) is 77.5 cm³/mol. The maximum Gasteiger partial charge on any atom is 0.239 e. The number of carbonyl (C=O) groups excluding carboxylic acids is 1. The van der Waals surface area contributed by atoms with Crippen LogP contribution in [0.1, 0.15) is 49.9 Å². The largest absolute Gasteiger partial charge is 0.330 e. The summed E-state index contributed by atoms with van der Waals surface area (Å²) in [6.45, 7) is 4.60. The van der Waals surface area contributed by atoms with Crippen molar-refractivity contribution in [1.82, 2.24) is 4.68 Å². The smallest absolute Gasteiger partial charge is 0.239 e. The topological polar surface area (TPSA) is 60.0 Å². The molecule has 1 amide bonds. The highest BCUT2D eigenvalue weighted by Crippen LogP contribution is 2.38. The van der Waals surface area contributed by atoms with E-state index in [0.717, 1.165) is 24.2 Å². The summed E-state index contributed by atoms with van der Waals surface area (Å²) in [7, 11) is 0. The first-order valence-electron chi connectivity index (χ1n) is 7.21. The molecule has 2 rings (SSSR count). The SMILES string of the molecule is Cc1ccc(C)n1NC(=O)CC1(CN)CCCCC1. The Morgan fingerprint density at radius 1 is 1.26 bits per heavy atom. The van der Waals surface area contributed by atoms with Crippen molar-refractivity contribution in [1.29, 1.82) is 0 Å². The molecule has 3 N–H and O–H groups in total. The van der Waals surface area contributed by atoms with E-state index in [0.29, 0.717) is 13.0 Å². The molecular weight excluding hydrogens is 238 g/mol. The number of nitrogens with zero attached hydrogens (tertiary/aromatic N) is 1. The van der Waals surface area contributed by atoms with Crippen LogP contribution in [0.15, 0.2) is 12.1 Å². The van der Waals surface area contributed by atoms with Gasteiger partial charge in [-0.05, 0) is 50.8 Å². The van der Waals surface area contributed by atoms with Gasteiger partial charge in [0.25, 0.3) is 0 Å². The van der Waals surface area contributed by atoms with Crippen LogP contribution in [0.2, 0.25) is 0 Å². The second-order valence-electron chi connectivity index (χ2n) is 5.93. The number of amides is 1. The molecule has 1 aromatic rings. The van der Waals surface area contributed by atoms with Crippen LogP contribution in [0.4, 0.5) is 0 Å². The van der Waals surface area contributed by atoms with E-state index in [2.05, 4.69) is 5.43 Å². The zero-order valence-corrected chi connectivity index (χ0v) is 12.0. The molecule has 4 nitrogen and oxygen atoms in total. The van der Waals surface area contributed by atoms with Gasteiger partial charge in [0.05, 0.1) is 0 Å². The summed E-state index contributed by atoms with van der Waals surface area (Å²) in [5.41, 5.74) is 11.0. The van der Waals surface area contributed by atoms with Gasteiger partial charge in [-0.25, -0.2) is 0 Å². The van der Waals surface area contributed by atoms with Crippen molar-refractivity contribution in [2.45, 2.75) is 52.4 Å². The molecule has 1 aromatic heterocycles. The van der Waals surface area contributed by atoms with E-state index < -0.39 is 0 Å². The first-order chi connectivity index (χ1) is 9.06. The van der Waals surface area contributed by atoms with E-state index in [4.69, 9.17) is 5.73 Å². The summed E-state index contributed by atoms with van der Waals surface area (Å²) in [5, 5.41) is 0. The monoisotopic (exact) mass is 263 g/mol. The third-order valence-electron chi connectivity index (χ3n) is 4.39. The molecule has 0 radical (unpaired) electrons. The Morgan fingerprint density at radius 2 is 1.84 bits per heavy atom. The van der Waals surface area contributed by atoms with E-state index in [1.54, 1.807) is 0 Å². The van der Waals surface area contributed by atoms with Crippen LogP contribution in [0.5, 0.6) is 0 Å². The molecule has 106 valence electrons. The number of hydrogen-bond donors (Lipinski definition) is 2. The van der Waals surface area contributed by atoms with Gasteiger partial charge >= 0.3 is 0 Å². The fraction of sp³-hybridized carbons (Fsp3) is 0.667. The van der Waals surface area contributed by atoms with Crippen LogP contribution in [0.25, 0.3) is 0 Å². The molecule has 1 saturated carbocycles. The van der Waals surface area contributed by atoms with Crippen LogP contribution in [0, 0.1) is 19.3 Å². The summed E-state index contributed by atoms with van der Waals surface area (Å²) in [5.74, 6) is 0.0785. The lowest BCUT2D eigenvalue weighted by atomic mass is 9.72. The molecule has 0 aromatic carbocycles. The number of aromatic nitrogens is 1. The van der Waals surface area contributed by atoms with Crippen molar-refractivity contribution in [3.05, 3.63) is 23.5 Å². The Kier molecular flexibility index (Phi) is 4.30. The van der Waals surface area contributed by atoms with Crippen molar-refractivity contribution in [3.8, 4) is 0 Å². The first-order valence-corrected chi connectivity index (χ1v) is 7.21. The summed E-state index contributed by atoms with van der Waals surface area (Å²) in [4.78, 5) is 12.3. The number of carbonyl (C=O) groups is 1. The van der Waals surface area contributed by atoms with Crippen molar-refractivity contribution >= 4 is 5.91 Å². The van der Waals surface area contributed by atoms with Gasteiger partial charge in [-0.1, -0.05) is 19.3 Å². The lowest BCUT2D eigenvalue weighted by Gasteiger charge is -2.35. The Labute approximate surface area is 115 Å². The van der Waals surface area contributed by atoms with Crippen LogP contribution in [0.3, 0.4) is 0 Å². The first kappa shape index (κ1) is 14.1. The molecule has 0 spiro atoms. The molecule has 0 unspecified atom stereocenters. The molecule has 4 heteroatoms. The molecule has 0 bridgehead atoms. The van der Waals surface area contributed by atoms with E-state index in [9.17, 15) is 4.79 Å². The van der Waals surface area contributed by atoms with E-state index in [-0.39, 0.29) is 11.3 Å². The number of rotatable bonds is 4. The fourth-order valence-electron chi connectivity index (χ4n) is 3.10. The van der Waals surface area contributed by atoms with Gasteiger partial charge in [-0.2, -0.15) is 0 Å². The van der Waals surface area contributed by atoms with E-state index in [1.807, 2.05) is 30.7 Å². The third kappa shape index (κ3) is 3.18. The third-order valence-corrected chi connectivity index (χ3v) is 4.39. The van der Waals surface area contributed by atoms with Gasteiger partial charge in [0, 0.05) is 17.8 Å². The maximum atomic E-state index is 12.3. The molecule has 1 heterocycles. The second kappa shape index (κ2) is 5.78. The zero-order valence-electron chi connectivity index (χ0n) is 12.0. The van der Waals surface area contributed by atoms with Gasteiger partial charge in [0.1, 0.15) is 0 Å². The normalized spacial score (nSPS) is 18.3. The lowest BCUT2D eigenvalue weighted by Crippen LogP contribution is -2.38. The summed E-state index contributed by atoms with van der Waals surface area (Å²) < 4.78 is 1.86. The molecule has 1 aliphatic rings. The van der Waals surface area contributed by atoms with Crippen molar-refractivity contribution in [2.24, 2.45) is 11.1 Å². The Morgan fingerprint density at radius 3 is 2.37 bits per heavy atom. The standard InChI is InChI=1S/C15H25N3O/c1-12-6-7-13(2)18(12)17-14(19)10-15(11-16)8-4-3-5-9-15/h6-7H,3-5,8-11,16H2,1-2H3,(H,17,19). The number of aryl methyl sites for hydroxylation is 2. The van der Waals surface area contributed by atoms with Crippen molar-refractivity contribution in [3.63, 3.8) is 0 Å². The van der Waals surface area contributed by atoms with Crippen molar-refractivity contribution in [2.75, 3.05) is 12.0 Å². The molecule has 1 aliphatic carbocycles. The molecule has 0 saturated heterocycles. The van der Waals surface area contributed by atoms with Crippen LogP contribution in [-0.2, 0) is 4.79 Å². The number of nitrogens with one attached hydrogen (secondary N) is 1. The summed E-state index contributed by atoms with van der Waals surface area (Å²) in [6, 6.07) is 4.02. The lowest BCUT2D eigenvalue weighted by molar-refractivity contribution is -0.119. The Bertz CT molecular complexity index is 425. The molecule has 19 heavy (non-hydrogen) atoms. The van der Waals surface area contributed by atoms with Crippen LogP contribution in [-0.4, -0.2) is 17.1 Å². The summed E-state index contributed by atoms with van der Waals surface area (Å²) in [6.07, 6.45) is 6.39. The minimum absolute atomic E-state index is 0.0251. The molecule has 0 aliphatic heterocycles. The van der Waals surface area contributed by atoms with Crippen molar-refractivity contribution < 1.29 is 4.79 Å². The van der Waals surface area contributed by atoms with Gasteiger partial charge in [-0.3, -0.25) is 14.9 Å². The average Bonchev–Trinajstić information content (AvgIpc) is 2.71. The fourth-order valence-corrected chi connectivity index (χ4v) is 3.10. The minimum atomic E-state index is 0.0251. The highest BCUT2D eigenvalue weighted by atomic mass is 16.2. The molecular formula is C15H25N3O. The quantitative estimate of drug-likeness (QED) is 0.876. The highest BCUT2D eigenvalue weighted by molar-refractivity contribution is 5.84.